The Bertz CT molecular complexity index is 494. The zero-order chi connectivity index (χ0) is 14.7. The van der Waals surface area contributed by atoms with Crippen LogP contribution in [0.4, 0.5) is 0 Å². The zero-order valence-corrected chi connectivity index (χ0v) is 14.2. The second-order valence-electron chi connectivity index (χ2n) is 4.04. The van der Waals surface area contributed by atoms with Crippen LogP contribution in [0.1, 0.15) is 13.3 Å². The standard InChI is InChI=1S/C11H12N3O5.K/c1-5(15)2-7-8(11(13)17)3-6(10(12)16)4-9(7)14(18)19;/h3-4,6H,2H2,1H3,(H2,12,16)(H2,13,17);/q-1;+1. The van der Waals surface area contributed by atoms with Crippen molar-refractivity contribution in [3.63, 3.8) is 0 Å². The number of allylic oxidation sites excluding steroid dienone is 1. The SMILES string of the molecule is CC(=O)C[C-]1C(C(N)=O)=CC(C(N)=O)C=C1[N+](=O)[O-].[K+]. The maximum absolute atomic E-state index is 11.3. The average molecular weight is 305 g/mol. The molecule has 0 aromatic carbocycles. The fourth-order valence-electron chi connectivity index (χ4n) is 1.74. The number of ketones is 1. The van der Waals surface area contributed by atoms with E-state index in [1.165, 1.54) is 6.92 Å². The summed E-state index contributed by atoms with van der Waals surface area (Å²) in [6, 6.07) is 0. The molecule has 0 fully saturated rings. The molecule has 1 rings (SSSR count). The molecule has 0 radical (unpaired) electrons. The summed E-state index contributed by atoms with van der Waals surface area (Å²) in [5, 5.41) is 11.0. The van der Waals surface area contributed by atoms with Gasteiger partial charge in [0.05, 0.1) is 0 Å². The number of nitrogens with two attached hydrogens (primary N) is 2. The summed E-state index contributed by atoms with van der Waals surface area (Å²) in [6.45, 7) is 1.23. The number of carbonyl (C=O) groups is 3. The molecule has 9 heteroatoms. The van der Waals surface area contributed by atoms with E-state index in [9.17, 15) is 24.5 Å². The van der Waals surface area contributed by atoms with Gasteiger partial charge in [0.25, 0.3) is 0 Å². The van der Waals surface area contributed by atoms with Crippen LogP contribution in [0.2, 0.25) is 0 Å². The first-order chi connectivity index (χ1) is 8.73. The van der Waals surface area contributed by atoms with Crippen LogP contribution in [-0.2, 0) is 14.4 Å². The van der Waals surface area contributed by atoms with Gasteiger partial charge < -0.3 is 21.1 Å². The minimum Gasteiger partial charge on any atom is -0.404 e. The topological polar surface area (TPSA) is 146 Å². The quantitative estimate of drug-likeness (QED) is 0.232. The van der Waals surface area contributed by atoms with Crippen LogP contribution >= 0.6 is 0 Å². The summed E-state index contributed by atoms with van der Waals surface area (Å²) in [4.78, 5) is 43.7. The van der Waals surface area contributed by atoms with Gasteiger partial charge >= 0.3 is 51.4 Å². The summed E-state index contributed by atoms with van der Waals surface area (Å²) in [7, 11) is 0. The Balaban J connectivity index is 0.00000361. The molecule has 4 N–H and O–H groups in total. The minimum absolute atomic E-state index is 0. The van der Waals surface area contributed by atoms with Crippen LogP contribution < -0.4 is 62.9 Å². The van der Waals surface area contributed by atoms with Gasteiger partial charge in [-0.25, -0.2) is 0 Å². The van der Waals surface area contributed by atoms with Gasteiger partial charge in [-0.3, -0.25) is 14.9 Å². The van der Waals surface area contributed by atoms with Gasteiger partial charge in [0, 0.05) is 17.3 Å². The van der Waals surface area contributed by atoms with Crippen molar-refractivity contribution < 1.29 is 70.7 Å². The van der Waals surface area contributed by atoms with E-state index in [1.54, 1.807) is 0 Å². The van der Waals surface area contributed by atoms with Crippen molar-refractivity contribution in [3.05, 3.63) is 39.5 Å². The molecule has 0 aromatic heterocycles. The van der Waals surface area contributed by atoms with Crippen LogP contribution in [0.15, 0.2) is 23.4 Å². The molecule has 102 valence electrons. The van der Waals surface area contributed by atoms with E-state index >= 15 is 0 Å². The average Bonchev–Trinajstić information content (AvgIpc) is 2.27. The molecular weight excluding hydrogens is 293 g/mol. The number of hydrogen-bond acceptors (Lipinski definition) is 5. The van der Waals surface area contributed by atoms with Crippen molar-refractivity contribution in [1.29, 1.82) is 0 Å². The molecule has 2 amide bonds. The normalized spacial score (nSPS) is 17.4. The number of nitrogens with zero attached hydrogens (tertiary/aromatic N) is 1. The summed E-state index contributed by atoms with van der Waals surface area (Å²) < 4.78 is 0. The molecule has 20 heavy (non-hydrogen) atoms. The van der Waals surface area contributed by atoms with E-state index in [1.807, 2.05) is 0 Å². The van der Waals surface area contributed by atoms with E-state index in [0.29, 0.717) is 0 Å². The first kappa shape index (κ1) is 19.0. The van der Waals surface area contributed by atoms with Gasteiger partial charge in [0.1, 0.15) is 5.78 Å². The zero-order valence-electron chi connectivity index (χ0n) is 11.1. The number of nitro groups is 1. The number of carbonyl (C=O) groups excluding carboxylic acids is 3. The predicted molar refractivity (Wildman–Crippen MR) is 63.6 cm³/mol. The molecule has 0 saturated carbocycles. The van der Waals surface area contributed by atoms with E-state index in [4.69, 9.17) is 11.5 Å². The fraction of sp³-hybridized carbons (Fsp3) is 0.273. The molecule has 0 saturated heterocycles. The third-order valence-corrected chi connectivity index (χ3v) is 2.53. The molecule has 0 aliphatic heterocycles. The number of Topliss-reactive ketones (excluding diaryl/α,β-unsaturated/α-hetero) is 1. The molecule has 0 heterocycles. The first-order valence-corrected chi connectivity index (χ1v) is 5.27. The summed E-state index contributed by atoms with van der Waals surface area (Å²) >= 11 is 0. The number of amides is 2. The molecule has 0 aromatic rings. The van der Waals surface area contributed by atoms with Gasteiger partial charge in [-0.1, -0.05) is 11.6 Å². The second-order valence-corrected chi connectivity index (χ2v) is 4.04. The number of hydrogen-bond donors (Lipinski definition) is 2. The third kappa shape index (κ3) is 4.53. The molecule has 0 spiro atoms. The third-order valence-electron chi connectivity index (χ3n) is 2.53. The first-order valence-electron chi connectivity index (χ1n) is 5.27. The van der Waals surface area contributed by atoms with Crippen molar-refractivity contribution in [2.24, 2.45) is 17.4 Å². The molecular formula is C11H12KN3O5. The Morgan fingerprint density at radius 1 is 1.35 bits per heavy atom. The van der Waals surface area contributed by atoms with E-state index in [2.05, 4.69) is 0 Å². The van der Waals surface area contributed by atoms with E-state index < -0.39 is 28.4 Å². The van der Waals surface area contributed by atoms with Crippen molar-refractivity contribution >= 4 is 17.6 Å². The second kappa shape index (κ2) is 7.69. The Morgan fingerprint density at radius 3 is 2.25 bits per heavy atom. The predicted octanol–water partition coefficient (Wildman–Crippen LogP) is -3.77. The van der Waals surface area contributed by atoms with Crippen LogP contribution in [0.25, 0.3) is 0 Å². The maximum atomic E-state index is 11.3. The summed E-state index contributed by atoms with van der Waals surface area (Å²) in [6.07, 6.45) is 1.83. The molecule has 0 bridgehead atoms. The van der Waals surface area contributed by atoms with Gasteiger partial charge in [0.15, 0.2) is 11.6 Å². The smallest absolute Gasteiger partial charge is 0.404 e. The van der Waals surface area contributed by atoms with Gasteiger partial charge in [0.2, 0.25) is 5.91 Å². The minimum atomic E-state index is -1.10. The molecule has 1 atom stereocenters. The van der Waals surface area contributed by atoms with Crippen LogP contribution in [0, 0.1) is 22.0 Å². The molecule has 8 nitrogen and oxygen atoms in total. The summed E-state index contributed by atoms with van der Waals surface area (Å²) in [5.74, 6) is -3.36. The van der Waals surface area contributed by atoms with E-state index in [0.717, 1.165) is 12.2 Å². The van der Waals surface area contributed by atoms with Gasteiger partial charge in [-0.05, 0) is 12.8 Å². The van der Waals surface area contributed by atoms with Gasteiger partial charge in [-0.15, -0.1) is 6.08 Å². The number of rotatable bonds is 5. The van der Waals surface area contributed by atoms with Gasteiger partial charge in [-0.2, -0.15) is 0 Å². The Hall–Kier alpha value is -1.00. The van der Waals surface area contributed by atoms with Crippen LogP contribution in [0.3, 0.4) is 0 Å². The number of primary amides is 2. The van der Waals surface area contributed by atoms with Crippen molar-refractivity contribution in [1.82, 2.24) is 0 Å². The molecule has 1 unspecified atom stereocenters. The van der Waals surface area contributed by atoms with Crippen molar-refractivity contribution in [2.45, 2.75) is 13.3 Å². The Labute approximate surface area is 157 Å². The van der Waals surface area contributed by atoms with Crippen molar-refractivity contribution in [2.75, 3.05) is 0 Å². The van der Waals surface area contributed by atoms with Crippen molar-refractivity contribution in [3.8, 4) is 0 Å². The van der Waals surface area contributed by atoms with E-state index in [-0.39, 0.29) is 75.1 Å². The fourth-order valence-corrected chi connectivity index (χ4v) is 1.74. The monoisotopic (exact) mass is 305 g/mol. The summed E-state index contributed by atoms with van der Waals surface area (Å²) in [5.41, 5.74) is 9.47. The largest absolute Gasteiger partial charge is 1.00 e. The Kier molecular flexibility index (Phi) is 7.31. The maximum Gasteiger partial charge on any atom is 1.00 e. The van der Waals surface area contributed by atoms with Crippen LogP contribution in [0.5, 0.6) is 0 Å². The Morgan fingerprint density at radius 2 is 1.90 bits per heavy atom. The molecule has 1 aliphatic rings. The molecule has 1 aliphatic carbocycles. The van der Waals surface area contributed by atoms with Crippen LogP contribution in [-0.4, -0.2) is 22.5 Å².